The van der Waals surface area contributed by atoms with E-state index in [1.807, 2.05) is 0 Å². The second-order valence-corrected chi connectivity index (χ2v) is 8.52. The molecule has 8 nitrogen and oxygen atoms in total. The number of hydrogen-bond acceptors (Lipinski definition) is 6. The van der Waals surface area contributed by atoms with Gasteiger partial charge in [0.05, 0.1) is 11.7 Å². The van der Waals surface area contributed by atoms with Crippen LogP contribution >= 0.6 is 0 Å². The molecular formula is C18H17FN4O4S. The summed E-state index contributed by atoms with van der Waals surface area (Å²) in [5, 5.41) is 7.99. The van der Waals surface area contributed by atoms with E-state index in [4.69, 9.17) is 4.52 Å². The van der Waals surface area contributed by atoms with E-state index in [-0.39, 0.29) is 29.3 Å². The first-order chi connectivity index (χ1) is 13.3. The Kier molecular flexibility index (Phi) is 4.39. The third-order valence-electron chi connectivity index (χ3n) is 4.69. The van der Waals surface area contributed by atoms with Crippen LogP contribution in [0.25, 0.3) is 11.3 Å². The molecule has 0 N–H and O–H groups in total. The summed E-state index contributed by atoms with van der Waals surface area (Å²) >= 11 is 0. The number of rotatable bonds is 4. The lowest BCUT2D eigenvalue weighted by Gasteiger charge is -2.38. The van der Waals surface area contributed by atoms with Crippen molar-refractivity contribution in [2.45, 2.75) is 24.8 Å². The minimum atomic E-state index is -3.76. The molecule has 0 unspecified atom stereocenters. The molecule has 1 aliphatic heterocycles. The van der Waals surface area contributed by atoms with Crippen molar-refractivity contribution in [2.24, 2.45) is 0 Å². The molecule has 0 saturated carbocycles. The van der Waals surface area contributed by atoms with E-state index in [0.29, 0.717) is 17.0 Å². The quantitative estimate of drug-likeness (QED) is 0.659. The van der Waals surface area contributed by atoms with Gasteiger partial charge in [-0.15, -0.1) is 0 Å². The highest BCUT2D eigenvalue weighted by atomic mass is 32.2. The Morgan fingerprint density at radius 2 is 1.93 bits per heavy atom. The van der Waals surface area contributed by atoms with Crippen molar-refractivity contribution in [1.82, 2.24) is 19.2 Å². The second-order valence-electron chi connectivity index (χ2n) is 6.64. The summed E-state index contributed by atoms with van der Waals surface area (Å²) in [4.78, 5) is 12.3. The van der Waals surface area contributed by atoms with Gasteiger partial charge < -0.3 is 4.52 Å². The lowest BCUT2D eigenvalue weighted by atomic mass is 10.1. The number of hydrogen-bond donors (Lipinski definition) is 0. The predicted octanol–water partition coefficient (Wildman–Crippen LogP) is 1.90. The molecule has 4 rings (SSSR count). The van der Waals surface area contributed by atoms with Gasteiger partial charge in [-0.05, 0) is 32.0 Å². The molecule has 146 valence electrons. The molecule has 0 aliphatic carbocycles. The van der Waals surface area contributed by atoms with Gasteiger partial charge in [-0.3, -0.25) is 4.79 Å². The summed E-state index contributed by atoms with van der Waals surface area (Å²) in [6, 6.07) is 8.35. The first-order valence-corrected chi connectivity index (χ1v) is 10.00. The molecule has 1 aromatic carbocycles. The van der Waals surface area contributed by atoms with Crippen molar-refractivity contribution in [1.29, 1.82) is 0 Å². The number of nitrogens with zero attached hydrogens (tertiary/aromatic N) is 4. The second kappa shape index (κ2) is 6.64. The number of aryl methyl sites for hydroxylation is 2. The van der Waals surface area contributed by atoms with Crippen molar-refractivity contribution >= 4 is 10.0 Å². The fraction of sp³-hybridized carbons (Fsp3) is 0.278. The molecule has 0 atom stereocenters. The van der Waals surface area contributed by atoms with Gasteiger partial charge in [0.1, 0.15) is 16.4 Å². The maximum atomic E-state index is 13.5. The molecule has 0 radical (unpaired) electrons. The summed E-state index contributed by atoms with van der Waals surface area (Å²) in [6.07, 6.45) is 0. The molecule has 10 heteroatoms. The van der Waals surface area contributed by atoms with E-state index in [2.05, 4.69) is 10.3 Å². The van der Waals surface area contributed by atoms with Crippen LogP contribution in [0.4, 0.5) is 4.39 Å². The molecule has 0 amide bonds. The third kappa shape index (κ3) is 3.04. The van der Waals surface area contributed by atoms with E-state index in [1.54, 1.807) is 26.0 Å². The first-order valence-electron chi connectivity index (χ1n) is 8.56. The standard InChI is InChI=1S/C18H17FN4O4S/c1-11-18(12(2)27-21-11)28(25,26)22-9-15(10-22)23-17(24)7-6-16(20-23)13-4-3-5-14(19)8-13/h3-8,15H,9-10H2,1-2H3. The SMILES string of the molecule is Cc1noc(C)c1S(=O)(=O)N1CC(n2nc(-c3cccc(F)c3)ccc2=O)C1. The summed E-state index contributed by atoms with van der Waals surface area (Å²) in [6.45, 7) is 3.31. The van der Waals surface area contributed by atoms with Gasteiger partial charge in [-0.2, -0.15) is 9.40 Å². The van der Waals surface area contributed by atoms with Gasteiger partial charge in [-0.1, -0.05) is 17.3 Å². The summed E-state index contributed by atoms with van der Waals surface area (Å²) in [7, 11) is -3.76. The van der Waals surface area contributed by atoms with Gasteiger partial charge >= 0.3 is 0 Å². The third-order valence-corrected chi connectivity index (χ3v) is 6.76. The molecule has 1 saturated heterocycles. The van der Waals surface area contributed by atoms with Crippen molar-refractivity contribution in [3.8, 4) is 11.3 Å². The number of halogens is 1. The maximum absolute atomic E-state index is 13.5. The molecule has 1 fully saturated rings. The number of aromatic nitrogens is 3. The van der Waals surface area contributed by atoms with Crippen LogP contribution in [0.1, 0.15) is 17.5 Å². The molecule has 0 bridgehead atoms. The first kappa shape index (κ1) is 18.5. The Bertz CT molecular complexity index is 1190. The van der Waals surface area contributed by atoms with Crippen LogP contribution in [0, 0.1) is 19.7 Å². The zero-order chi connectivity index (χ0) is 20.1. The topological polar surface area (TPSA) is 98.3 Å². The minimum Gasteiger partial charge on any atom is -0.360 e. The Balaban J connectivity index is 1.60. The average Bonchev–Trinajstić information content (AvgIpc) is 2.94. The van der Waals surface area contributed by atoms with Gasteiger partial charge in [0.15, 0.2) is 5.76 Å². The molecule has 3 aromatic rings. The fourth-order valence-electron chi connectivity index (χ4n) is 3.23. The highest BCUT2D eigenvalue weighted by molar-refractivity contribution is 7.89. The van der Waals surface area contributed by atoms with E-state index in [9.17, 15) is 17.6 Å². The Labute approximate surface area is 160 Å². The van der Waals surface area contributed by atoms with E-state index >= 15 is 0 Å². The number of benzene rings is 1. The van der Waals surface area contributed by atoms with Crippen molar-refractivity contribution in [3.63, 3.8) is 0 Å². The smallest absolute Gasteiger partial charge is 0.267 e. The zero-order valence-corrected chi connectivity index (χ0v) is 16.0. The van der Waals surface area contributed by atoms with Crippen LogP contribution in [0.3, 0.4) is 0 Å². The largest absolute Gasteiger partial charge is 0.360 e. The molecule has 3 heterocycles. The van der Waals surface area contributed by atoms with E-state index in [1.165, 1.54) is 33.3 Å². The Morgan fingerprint density at radius 1 is 1.18 bits per heavy atom. The highest BCUT2D eigenvalue weighted by Crippen LogP contribution is 2.30. The normalized spacial score (nSPS) is 15.5. The zero-order valence-electron chi connectivity index (χ0n) is 15.2. The lowest BCUT2D eigenvalue weighted by molar-refractivity contribution is 0.185. The van der Waals surface area contributed by atoms with Crippen molar-refractivity contribution in [2.75, 3.05) is 13.1 Å². The highest BCUT2D eigenvalue weighted by Gasteiger charge is 2.41. The summed E-state index contributed by atoms with van der Waals surface area (Å²) < 4.78 is 46.5. The lowest BCUT2D eigenvalue weighted by Crippen LogP contribution is -2.53. The Morgan fingerprint density at radius 3 is 2.57 bits per heavy atom. The van der Waals surface area contributed by atoms with Crippen LogP contribution in [0.15, 0.2) is 50.6 Å². The molecule has 0 spiro atoms. The maximum Gasteiger partial charge on any atom is 0.267 e. The Hall–Kier alpha value is -2.85. The monoisotopic (exact) mass is 404 g/mol. The van der Waals surface area contributed by atoms with Crippen LogP contribution in [0.2, 0.25) is 0 Å². The molecular weight excluding hydrogens is 387 g/mol. The fourth-order valence-corrected chi connectivity index (χ4v) is 5.03. The summed E-state index contributed by atoms with van der Waals surface area (Å²) in [5.41, 5.74) is 0.920. The summed E-state index contributed by atoms with van der Waals surface area (Å²) in [5.74, 6) is -0.179. The van der Waals surface area contributed by atoms with E-state index < -0.39 is 21.9 Å². The molecule has 28 heavy (non-hydrogen) atoms. The van der Waals surface area contributed by atoms with Crippen LogP contribution in [-0.2, 0) is 10.0 Å². The van der Waals surface area contributed by atoms with E-state index in [0.717, 1.165) is 0 Å². The average molecular weight is 404 g/mol. The van der Waals surface area contributed by atoms with Crippen molar-refractivity contribution < 1.29 is 17.3 Å². The van der Waals surface area contributed by atoms with Crippen LogP contribution < -0.4 is 5.56 Å². The minimum absolute atomic E-state index is 0.0553. The van der Waals surface area contributed by atoms with Gasteiger partial charge in [-0.25, -0.2) is 17.5 Å². The predicted molar refractivity (Wildman–Crippen MR) is 97.7 cm³/mol. The van der Waals surface area contributed by atoms with Crippen LogP contribution in [-0.4, -0.2) is 40.7 Å². The van der Waals surface area contributed by atoms with Crippen molar-refractivity contribution in [3.05, 3.63) is 64.0 Å². The van der Waals surface area contributed by atoms with Gasteiger partial charge in [0, 0.05) is 24.7 Å². The molecule has 1 aliphatic rings. The molecule has 2 aromatic heterocycles. The number of sulfonamides is 1. The van der Waals surface area contributed by atoms with Gasteiger partial charge in [0.2, 0.25) is 10.0 Å². The van der Waals surface area contributed by atoms with Crippen LogP contribution in [0.5, 0.6) is 0 Å². The van der Waals surface area contributed by atoms with Gasteiger partial charge in [0.25, 0.3) is 5.56 Å².